The van der Waals surface area contributed by atoms with Crippen molar-refractivity contribution in [1.29, 1.82) is 0 Å². The molecule has 0 unspecified atom stereocenters. The zero-order chi connectivity index (χ0) is 17.6. The number of ether oxygens (including phenoxy) is 1. The SMILES string of the molecule is O=C(Oc1ccc(Cc2ccccc2)cc1O)c1ccc(CCl)cc1. The first kappa shape index (κ1) is 17.1. The topological polar surface area (TPSA) is 46.5 Å². The maximum Gasteiger partial charge on any atom is 0.343 e. The van der Waals surface area contributed by atoms with Crippen molar-refractivity contribution >= 4 is 17.6 Å². The van der Waals surface area contributed by atoms with Gasteiger partial charge in [-0.05, 0) is 47.4 Å². The van der Waals surface area contributed by atoms with Crippen LogP contribution < -0.4 is 4.74 Å². The molecule has 3 aromatic carbocycles. The predicted molar refractivity (Wildman–Crippen MR) is 98.3 cm³/mol. The van der Waals surface area contributed by atoms with Gasteiger partial charge in [-0.3, -0.25) is 0 Å². The van der Waals surface area contributed by atoms with Gasteiger partial charge in [-0.2, -0.15) is 0 Å². The fourth-order valence-corrected chi connectivity index (χ4v) is 2.66. The third-order valence-corrected chi connectivity index (χ3v) is 4.13. The molecular formula is C21H17ClO3. The van der Waals surface area contributed by atoms with E-state index in [2.05, 4.69) is 0 Å². The van der Waals surface area contributed by atoms with Crippen LogP contribution in [0.4, 0.5) is 0 Å². The highest BCUT2D eigenvalue weighted by molar-refractivity contribution is 6.17. The number of halogens is 1. The average Bonchev–Trinajstić information content (AvgIpc) is 2.65. The quantitative estimate of drug-likeness (QED) is 0.402. The molecule has 0 aliphatic carbocycles. The molecule has 0 atom stereocenters. The van der Waals surface area contributed by atoms with Crippen LogP contribution in [-0.4, -0.2) is 11.1 Å². The first-order chi connectivity index (χ1) is 12.2. The highest BCUT2D eigenvalue weighted by atomic mass is 35.5. The molecule has 0 aliphatic rings. The second-order valence-corrected chi connectivity index (χ2v) is 5.95. The van der Waals surface area contributed by atoms with Crippen LogP contribution in [0.3, 0.4) is 0 Å². The Labute approximate surface area is 151 Å². The molecule has 3 rings (SSSR count). The number of aromatic hydroxyl groups is 1. The molecule has 0 aromatic heterocycles. The summed E-state index contributed by atoms with van der Waals surface area (Å²) in [5, 5.41) is 10.2. The molecule has 0 fully saturated rings. The molecule has 0 heterocycles. The molecule has 3 aromatic rings. The smallest absolute Gasteiger partial charge is 0.343 e. The van der Waals surface area contributed by atoms with Crippen LogP contribution in [0.1, 0.15) is 27.0 Å². The third kappa shape index (κ3) is 4.40. The van der Waals surface area contributed by atoms with Gasteiger partial charge in [-0.25, -0.2) is 4.79 Å². The van der Waals surface area contributed by atoms with Gasteiger partial charge in [0, 0.05) is 5.88 Å². The van der Waals surface area contributed by atoms with E-state index in [4.69, 9.17) is 16.3 Å². The Morgan fingerprint density at radius 3 is 2.20 bits per heavy atom. The number of benzene rings is 3. The molecule has 3 nitrogen and oxygen atoms in total. The Morgan fingerprint density at radius 1 is 0.880 bits per heavy atom. The Bertz CT molecular complexity index is 858. The number of phenols is 1. The maximum atomic E-state index is 12.2. The summed E-state index contributed by atoms with van der Waals surface area (Å²) in [5.74, 6) is -0.0476. The molecule has 0 saturated heterocycles. The number of hydrogen-bond acceptors (Lipinski definition) is 3. The summed E-state index contributed by atoms with van der Waals surface area (Å²) >= 11 is 5.73. The van der Waals surface area contributed by atoms with Gasteiger partial charge >= 0.3 is 5.97 Å². The second-order valence-electron chi connectivity index (χ2n) is 5.68. The summed E-state index contributed by atoms with van der Waals surface area (Å²) in [7, 11) is 0. The lowest BCUT2D eigenvalue weighted by Crippen LogP contribution is -2.08. The molecule has 1 N–H and O–H groups in total. The molecule has 0 saturated carbocycles. The Balaban J connectivity index is 1.71. The zero-order valence-corrected chi connectivity index (χ0v) is 14.2. The van der Waals surface area contributed by atoms with Crippen LogP contribution in [-0.2, 0) is 12.3 Å². The van der Waals surface area contributed by atoms with Gasteiger partial charge in [-0.1, -0.05) is 48.5 Å². The van der Waals surface area contributed by atoms with Crippen molar-refractivity contribution in [3.63, 3.8) is 0 Å². The molecule has 0 bridgehead atoms. The Morgan fingerprint density at radius 2 is 1.56 bits per heavy atom. The zero-order valence-electron chi connectivity index (χ0n) is 13.5. The first-order valence-corrected chi connectivity index (χ1v) is 8.42. The maximum absolute atomic E-state index is 12.2. The van der Waals surface area contributed by atoms with Crippen molar-refractivity contribution in [3.05, 3.63) is 95.1 Å². The Hall–Kier alpha value is -2.78. The van der Waals surface area contributed by atoms with E-state index in [1.807, 2.05) is 36.4 Å². The molecule has 0 aliphatic heterocycles. The van der Waals surface area contributed by atoms with Crippen LogP contribution in [0.15, 0.2) is 72.8 Å². The number of hydrogen-bond donors (Lipinski definition) is 1. The van der Waals surface area contributed by atoms with Gasteiger partial charge in [0.25, 0.3) is 0 Å². The van der Waals surface area contributed by atoms with Crippen LogP contribution in [0.5, 0.6) is 11.5 Å². The minimum atomic E-state index is -0.521. The highest BCUT2D eigenvalue weighted by Gasteiger charge is 2.12. The molecule has 4 heteroatoms. The van der Waals surface area contributed by atoms with E-state index >= 15 is 0 Å². The average molecular weight is 353 g/mol. The predicted octanol–water partition coefficient (Wildman–Crippen LogP) is 4.94. The first-order valence-electron chi connectivity index (χ1n) is 7.88. The van der Waals surface area contributed by atoms with E-state index < -0.39 is 5.97 Å². The van der Waals surface area contributed by atoms with Crippen molar-refractivity contribution in [1.82, 2.24) is 0 Å². The van der Waals surface area contributed by atoms with Crippen LogP contribution in [0.25, 0.3) is 0 Å². The molecule has 0 amide bonds. The van der Waals surface area contributed by atoms with Crippen molar-refractivity contribution in [2.75, 3.05) is 0 Å². The van der Waals surface area contributed by atoms with Crippen molar-refractivity contribution in [2.45, 2.75) is 12.3 Å². The van der Waals surface area contributed by atoms with Crippen LogP contribution in [0.2, 0.25) is 0 Å². The van der Waals surface area contributed by atoms with E-state index in [0.29, 0.717) is 17.9 Å². The highest BCUT2D eigenvalue weighted by Crippen LogP contribution is 2.28. The monoisotopic (exact) mass is 352 g/mol. The fraction of sp³-hybridized carbons (Fsp3) is 0.0952. The number of rotatable bonds is 5. The normalized spacial score (nSPS) is 10.4. The molecule has 0 spiro atoms. The van der Waals surface area contributed by atoms with E-state index in [-0.39, 0.29) is 11.5 Å². The second kappa shape index (κ2) is 7.86. The van der Waals surface area contributed by atoms with Crippen LogP contribution >= 0.6 is 11.6 Å². The third-order valence-electron chi connectivity index (χ3n) is 3.82. The lowest BCUT2D eigenvalue weighted by Gasteiger charge is -2.09. The van der Waals surface area contributed by atoms with Gasteiger partial charge < -0.3 is 9.84 Å². The summed E-state index contributed by atoms with van der Waals surface area (Å²) in [4.78, 5) is 12.2. The van der Waals surface area contributed by atoms with E-state index in [9.17, 15) is 9.90 Å². The number of carbonyl (C=O) groups excluding carboxylic acids is 1. The summed E-state index contributed by atoms with van der Waals surface area (Å²) in [6, 6.07) is 21.9. The van der Waals surface area contributed by atoms with Gasteiger partial charge in [-0.15, -0.1) is 11.6 Å². The number of alkyl halides is 1. The van der Waals surface area contributed by atoms with Gasteiger partial charge in [0.15, 0.2) is 11.5 Å². The molecule has 25 heavy (non-hydrogen) atoms. The molecule has 0 radical (unpaired) electrons. The summed E-state index contributed by atoms with van der Waals surface area (Å²) < 4.78 is 5.29. The molecular weight excluding hydrogens is 336 g/mol. The minimum absolute atomic E-state index is 0.0563. The van der Waals surface area contributed by atoms with Gasteiger partial charge in [0.1, 0.15) is 0 Å². The summed E-state index contributed by atoms with van der Waals surface area (Å²) in [6.07, 6.45) is 0.697. The van der Waals surface area contributed by atoms with E-state index in [0.717, 1.165) is 16.7 Å². The van der Waals surface area contributed by atoms with E-state index in [1.165, 1.54) is 0 Å². The summed E-state index contributed by atoms with van der Waals surface area (Å²) in [5.41, 5.74) is 3.41. The minimum Gasteiger partial charge on any atom is -0.504 e. The summed E-state index contributed by atoms with van der Waals surface area (Å²) in [6.45, 7) is 0. The number of esters is 1. The number of carbonyl (C=O) groups is 1. The van der Waals surface area contributed by atoms with Crippen molar-refractivity contribution in [2.24, 2.45) is 0 Å². The van der Waals surface area contributed by atoms with Crippen LogP contribution in [0, 0.1) is 0 Å². The van der Waals surface area contributed by atoms with Crippen molar-refractivity contribution < 1.29 is 14.6 Å². The lowest BCUT2D eigenvalue weighted by atomic mass is 10.0. The van der Waals surface area contributed by atoms with Gasteiger partial charge in [0.2, 0.25) is 0 Å². The van der Waals surface area contributed by atoms with Crippen molar-refractivity contribution in [3.8, 4) is 11.5 Å². The molecule has 126 valence electrons. The lowest BCUT2D eigenvalue weighted by molar-refractivity contribution is 0.0729. The largest absolute Gasteiger partial charge is 0.504 e. The standard InChI is InChI=1S/C21H17ClO3/c22-14-16-6-9-18(10-7-16)21(24)25-20-11-8-17(13-19(20)23)12-15-4-2-1-3-5-15/h1-11,13,23H,12,14H2. The Kier molecular flexibility index (Phi) is 5.36. The van der Waals surface area contributed by atoms with Gasteiger partial charge in [0.05, 0.1) is 5.56 Å². The van der Waals surface area contributed by atoms with E-state index in [1.54, 1.807) is 36.4 Å². The number of phenolic OH excluding ortho intramolecular Hbond substituents is 1. The fourth-order valence-electron chi connectivity index (χ4n) is 2.48.